The lowest BCUT2D eigenvalue weighted by molar-refractivity contribution is -0.194. The summed E-state index contributed by atoms with van der Waals surface area (Å²) in [6.45, 7) is 2.29. The molecule has 0 aromatic carbocycles. The van der Waals surface area contributed by atoms with Gasteiger partial charge in [0.2, 0.25) is 0 Å². The molecule has 5 fully saturated rings. The van der Waals surface area contributed by atoms with E-state index >= 15 is 0 Å². The molecule has 5 rings (SSSR count). The smallest absolute Gasteiger partial charge is 0.309 e. The van der Waals surface area contributed by atoms with Crippen LogP contribution in [-0.4, -0.2) is 12.1 Å². The fourth-order valence-electron chi connectivity index (χ4n) is 4.30. The first-order valence-corrected chi connectivity index (χ1v) is 4.45. The molecule has 6 atom stereocenters. The van der Waals surface area contributed by atoms with Gasteiger partial charge in [-0.3, -0.25) is 4.79 Å². The van der Waals surface area contributed by atoms with Crippen LogP contribution in [0.5, 0.6) is 0 Å². The third kappa shape index (κ3) is 0.280. The molecule has 2 saturated heterocycles. The summed E-state index contributed by atoms with van der Waals surface area (Å²) in [7, 11) is 0. The highest BCUT2D eigenvalue weighted by molar-refractivity contribution is 5.78. The lowest BCUT2D eigenvalue weighted by Crippen LogP contribution is -2.53. The first-order chi connectivity index (χ1) is 5.24. The largest absolute Gasteiger partial charge is 0.461 e. The molecule has 0 spiro atoms. The van der Waals surface area contributed by atoms with Crippen LogP contribution < -0.4 is 0 Å². The molecule has 0 amide bonds. The quantitative estimate of drug-likeness (QED) is 0.478. The van der Waals surface area contributed by atoms with Crippen molar-refractivity contribution in [2.45, 2.75) is 19.4 Å². The third-order valence-electron chi connectivity index (χ3n) is 4.68. The van der Waals surface area contributed by atoms with Crippen molar-refractivity contribution in [1.29, 1.82) is 0 Å². The average Bonchev–Trinajstić information content (AvgIpc) is 2.44. The van der Waals surface area contributed by atoms with E-state index in [9.17, 15) is 4.79 Å². The molecule has 3 saturated carbocycles. The predicted molar refractivity (Wildman–Crippen MR) is 36.6 cm³/mol. The monoisotopic (exact) mass is 150 g/mol. The standard InChI is InChI=1S/C9H10O2/c1-9-5-3-2-4(6(5)9)8(10)11-7(3)9/h3-7H,2H2,1H3. The lowest BCUT2D eigenvalue weighted by atomic mass is 9.65. The maximum atomic E-state index is 11.2. The highest BCUT2D eigenvalue weighted by Crippen LogP contribution is 2.85. The SMILES string of the molecule is CC12C3OC(=O)C4CC3C1C42. The first kappa shape index (κ1) is 5.18. The summed E-state index contributed by atoms with van der Waals surface area (Å²) >= 11 is 0. The number of esters is 1. The molecule has 6 unspecified atom stereocenters. The number of carbonyl (C=O) groups excluding carboxylic acids is 1. The van der Waals surface area contributed by atoms with Crippen molar-refractivity contribution < 1.29 is 9.53 Å². The van der Waals surface area contributed by atoms with Crippen LogP contribution in [0.15, 0.2) is 0 Å². The van der Waals surface area contributed by atoms with Crippen LogP contribution >= 0.6 is 0 Å². The van der Waals surface area contributed by atoms with Gasteiger partial charge >= 0.3 is 5.97 Å². The van der Waals surface area contributed by atoms with Crippen molar-refractivity contribution in [3.8, 4) is 0 Å². The summed E-state index contributed by atoms with van der Waals surface area (Å²) in [4.78, 5) is 11.2. The minimum atomic E-state index is 0.105. The highest BCUT2D eigenvalue weighted by Gasteiger charge is 2.88. The summed E-state index contributed by atoms with van der Waals surface area (Å²) in [6, 6.07) is 0. The normalized spacial score (nSPS) is 73.9. The molecule has 3 aliphatic carbocycles. The van der Waals surface area contributed by atoms with Gasteiger partial charge in [-0.1, -0.05) is 6.92 Å². The molecule has 0 N–H and O–H groups in total. The molecule has 2 heterocycles. The summed E-state index contributed by atoms with van der Waals surface area (Å²) in [5.74, 6) is 2.80. The third-order valence-corrected chi connectivity index (χ3v) is 4.68. The van der Waals surface area contributed by atoms with E-state index in [2.05, 4.69) is 6.92 Å². The van der Waals surface area contributed by atoms with Gasteiger partial charge in [0.1, 0.15) is 6.10 Å². The van der Waals surface area contributed by atoms with Gasteiger partial charge in [-0.2, -0.15) is 0 Å². The topological polar surface area (TPSA) is 26.3 Å². The maximum absolute atomic E-state index is 11.2. The summed E-state index contributed by atoms with van der Waals surface area (Å²) in [5.41, 5.74) is 0.460. The van der Waals surface area contributed by atoms with Crippen LogP contribution in [0.3, 0.4) is 0 Å². The van der Waals surface area contributed by atoms with Crippen molar-refractivity contribution >= 4 is 5.97 Å². The van der Waals surface area contributed by atoms with E-state index in [0.29, 0.717) is 17.4 Å². The zero-order chi connectivity index (χ0) is 7.38. The van der Waals surface area contributed by atoms with Crippen LogP contribution in [0.2, 0.25) is 0 Å². The molecule has 2 aliphatic heterocycles. The Bertz CT molecular complexity index is 277. The Balaban J connectivity index is 1.93. The number of fused-ring (bicyclic) bond motifs is 1. The Labute approximate surface area is 64.9 Å². The van der Waals surface area contributed by atoms with Gasteiger partial charge in [0, 0.05) is 11.3 Å². The Morgan fingerprint density at radius 2 is 2.36 bits per heavy atom. The number of rotatable bonds is 0. The zero-order valence-corrected chi connectivity index (χ0v) is 6.41. The van der Waals surface area contributed by atoms with E-state index < -0.39 is 0 Å². The molecule has 58 valence electrons. The first-order valence-electron chi connectivity index (χ1n) is 4.45. The van der Waals surface area contributed by atoms with Crippen molar-refractivity contribution in [2.24, 2.45) is 29.1 Å². The molecular weight excluding hydrogens is 140 g/mol. The molecule has 0 aromatic rings. The van der Waals surface area contributed by atoms with Crippen LogP contribution in [-0.2, 0) is 9.53 Å². The molecular formula is C9H10O2. The van der Waals surface area contributed by atoms with Crippen molar-refractivity contribution in [3.05, 3.63) is 0 Å². The number of ether oxygens (including phenoxy) is 1. The van der Waals surface area contributed by atoms with E-state index in [-0.39, 0.29) is 5.97 Å². The van der Waals surface area contributed by atoms with Crippen LogP contribution in [0.25, 0.3) is 0 Å². The van der Waals surface area contributed by atoms with E-state index in [1.807, 2.05) is 0 Å². The van der Waals surface area contributed by atoms with E-state index in [0.717, 1.165) is 24.2 Å². The van der Waals surface area contributed by atoms with E-state index in [1.54, 1.807) is 0 Å². The molecule has 3 bridgehead atoms. The minimum Gasteiger partial charge on any atom is -0.461 e. The molecule has 2 nitrogen and oxygen atoms in total. The van der Waals surface area contributed by atoms with Gasteiger partial charge in [-0.05, 0) is 18.3 Å². The summed E-state index contributed by atoms with van der Waals surface area (Å²) in [6.07, 6.45) is 1.48. The Morgan fingerprint density at radius 3 is 2.91 bits per heavy atom. The fourth-order valence-corrected chi connectivity index (χ4v) is 4.30. The maximum Gasteiger partial charge on any atom is 0.309 e. The van der Waals surface area contributed by atoms with Gasteiger partial charge in [-0.25, -0.2) is 0 Å². The predicted octanol–water partition coefficient (Wildman–Crippen LogP) is 0.814. The second kappa shape index (κ2) is 1.05. The Kier molecular flexibility index (Phi) is 0.493. The lowest BCUT2D eigenvalue weighted by Gasteiger charge is -2.48. The summed E-state index contributed by atoms with van der Waals surface area (Å²) < 4.78 is 5.33. The molecule has 11 heavy (non-hydrogen) atoms. The van der Waals surface area contributed by atoms with E-state index in [1.165, 1.54) is 0 Å². The van der Waals surface area contributed by atoms with Gasteiger partial charge in [0.25, 0.3) is 0 Å². The Hall–Kier alpha value is -0.530. The number of hydrogen-bond donors (Lipinski definition) is 0. The van der Waals surface area contributed by atoms with Gasteiger partial charge in [0.05, 0.1) is 5.92 Å². The molecule has 2 heteroatoms. The van der Waals surface area contributed by atoms with Gasteiger partial charge in [-0.15, -0.1) is 0 Å². The van der Waals surface area contributed by atoms with Crippen molar-refractivity contribution in [1.82, 2.24) is 0 Å². The zero-order valence-electron chi connectivity index (χ0n) is 6.41. The van der Waals surface area contributed by atoms with Crippen LogP contribution in [0, 0.1) is 29.1 Å². The van der Waals surface area contributed by atoms with Crippen LogP contribution in [0.1, 0.15) is 13.3 Å². The molecule has 0 aromatic heterocycles. The van der Waals surface area contributed by atoms with E-state index in [4.69, 9.17) is 4.74 Å². The number of hydrogen-bond acceptors (Lipinski definition) is 2. The second-order valence-electron chi connectivity index (χ2n) is 4.78. The van der Waals surface area contributed by atoms with Gasteiger partial charge in [0.15, 0.2) is 0 Å². The summed E-state index contributed by atoms with van der Waals surface area (Å²) in [5, 5.41) is 0. The number of carbonyl (C=O) groups is 1. The fraction of sp³-hybridized carbons (Fsp3) is 0.889. The van der Waals surface area contributed by atoms with Crippen molar-refractivity contribution in [3.63, 3.8) is 0 Å². The molecule has 0 radical (unpaired) electrons. The molecule has 5 aliphatic rings. The average molecular weight is 150 g/mol. The second-order valence-corrected chi connectivity index (χ2v) is 4.78. The van der Waals surface area contributed by atoms with Crippen LogP contribution in [0.4, 0.5) is 0 Å². The minimum absolute atomic E-state index is 0.105. The highest BCUT2D eigenvalue weighted by atomic mass is 16.6. The van der Waals surface area contributed by atoms with Gasteiger partial charge < -0.3 is 4.74 Å². The Morgan fingerprint density at radius 1 is 1.55 bits per heavy atom. The van der Waals surface area contributed by atoms with Crippen molar-refractivity contribution in [2.75, 3.05) is 0 Å².